The van der Waals surface area contributed by atoms with E-state index >= 15 is 0 Å². The topological polar surface area (TPSA) is 75.4 Å². The Morgan fingerprint density at radius 1 is 1.30 bits per heavy atom. The van der Waals surface area contributed by atoms with Crippen LogP contribution in [0.4, 0.5) is 5.69 Å². The third kappa shape index (κ3) is 3.29. The van der Waals surface area contributed by atoms with Crippen molar-refractivity contribution in [2.24, 2.45) is 5.73 Å². The fourth-order valence-electron chi connectivity index (χ4n) is 1.84. The van der Waals surface area contributed by atoms with Crippen LogP contribution in [0.1, 0.15) is 28.8 Å². The number of benzene rings is 1. The molecule has 1 fully saturated rings. The number of nitrogens with one attached hydrogen (secondary N) is 1. The van der Waals surface area contributed by atoms with Crippen molar-refractivity contribution in [3.63, 3.8) is 0 Å². The van der Waals surface area contributed by atoms with Crippen LogP contribution >= 0.6 is 12.4 Å². The molecule has 0 spiro atoms. The van der Waals surface area contributed by atoms with E-state index in [1.807, 2.05) is 6.92 Å². The smallest absolute Gasteiger partial charge is 0.253 e. The number of carbonyl (C=O) groups is 2. The highest BCUT2D eigenvalue weighted by Crippen LogP contribution is 2.33. The van der Waals surface area contributed by atoms with Crippen molar-refractivity contribution in [3.05, 3.63) is 29.3 Å². The molecule has 1 aliphatic rings. The lowest BCUT2D eigenvalue weighted by Crippen LogP contribution is -2.37. The molecule has 0 atom stereocenters. The maximum absolute atomic E-state index is 11.9. The summed E-state index contributed by atoms with van der Waals surface area (Å²) in [4.78, 5) is 25.2. The summed E-state index contributed by atoms with van der Waals surface area (Å²) >= 11 is 0. The molecule has 1 aromatic carbocycles. The molecule has 0 heterocycles. The van der Waals surface area contributed by atoms with E-state index < -0.39 is 5.54 Å². The molecule has 0 unspecified atom stereocenters. The van der Waals surface area contributed by atoms with Crippen LogP contribution < -0.4 is 11.1 Å². The van der Waals surface area contributed by atoms with Crippen molar-refractivity contribution < 1.29 is 9.59 Å². The average molecular weight is 298 g/mol. The van der Waals surface area contributed by atoms with E-state index in [4.69, 9.17) is 5.73 Å². The molecule has 110 valence electrons. The van der Waals surface area contributed by atoms with Crippen LogP contribution in [0, 0.1) is 6.92 Å². The van der Waals surface area contributed by atoms with Gasteiger partial charge >= 0.3 is 0 Å². The summed E-state index contributed by atoms with van der Waals surface area (Å²) < 4.78 is 0. The largest absolute Gasteiger partial charge is 0.345 e. The van der Waals surface area contributed by atoms with Crippen molar-refractivity contribution in [2.75, 3.05) is 19.4 Å². The normalized spacial score (nSPS) is 15.0. The molecule has 0 saturated heterocycles. The van der Waals surface area contributed by atoms with Crippen LogP contribution in [-0.2, 0) is 4.79 Å². The molecule has 20 heavy (non-hydrogen) atoms. The molecule has 2 amide bonds. The first-order valence-electron chi connectivity index (χ1n) is 6.26. The first-order valence-corrected chi connectivity index (χ1v) is 6.26. The third-order valence-corrected chi connectivity index (χ3v) is 3.36. The second-order valence-electron chi connectivity index (χ2n) is 5.34. The Labute approximate surface area is 124 Å². The van der Waals surface area contributed by atoms with E-state index in [0.29, 0.717) is 11.3 Å². The van der Waals surface area contributed by atoms with Crippen LogP contribution in [0.15, 0.2) is 18.2 Å². The maximum Gasteiger partial charge on any atom is 0.253 e. The molecule has 0 radical (unpaired) electrons. The number of nitrogens with zero attached hydrogens (tertiary/aromatic N) is 1. The number of aryl methyl sites for hydroxylation is 1. The van der Waals surface area contributed by atoms with Gasteiger partial charge in [0, 0.05) is 25.3 Å². The minimum Gasteiger partial charge on any atom is -0.345 e. The van der Waals surface area contributed by atoms with E-state index in [1.165, 1.54) is 4.90 Å². The molecule has 1 aromatic rings. The van der Waals surface area contributed by atoms with Crippen LogP contribution in [0.3, 0.4) is 0 Å². The zero-order valence-electron chi connectivity index (χ0n) is 11.9. The first kappa shape index (κ1) is 16.5. The lowest BCUT2D eigenvalue weighted by Gasteiger charge is -2.14. The fourth-order valence-corrected chi connectivity index (χ4v) is 1.84. The molecule has 6 heteroatoms. The van der Waals surface area contributed by atoms with Crippen LogP contribution in [0.2, 0.25) is 0 Å². The Hall–Kier alpha value is -1.59. The summed E-state index contributed by atoms with van der Waals surface area (Å²) in [6, 6.07) is 5.25. The number of carbonyl (C=O) groups excluding carboxylic acids is 2. The van der Waals surface area contributed by atoms with Gasteiger partial charge in [0.05, 0.1) is 5.54 Å². The van der Waals surface area contributed by atoms with Crippen molar-refractivity contribution in [1.82, 2.24) is 4.90 Å². The molecule has 2 rings (SSSR count). The van der Waals surface area contributed by atoms with Gasteiger partial charge in [-0.05, 0) is 43.5 Å². The second-order valence-corrected chi connectivity index (χ2v) is 5.34. The number of anilines is 1. The quantitative estimate of drug-likeness (QED) is 0.889. The first-order chi connectivity index (χ1) is 8.83. The van der Waals surface area contributed by atoms with Gasteiger partial charge in [0.25, 0.3) is 5.91 Å². The zero-order valence-corrected chi connectivity index (χ0v) is 12.7. The van der Waals surface area contributed by atoms with Crippen LogP contribution in [0.25, 0.3) is 0 Å². The molecule has 0 aliphatic heterocycles. The van der Waals surface area contributed by atoms with Crippen LogP contribution in [0.5, 0.6) is 0 Å². The van der Waals surface area contributed by atoms with E-state index in [1.54, 1.807) is 32.3 Å². The van der Waals surface area contributed by atoms with Crippen molar-refractivity contribution in [2.45, 2.75) is 25.3 Å². The minimum absolute atomic E-state index is 0. The summed E-state index contributed by atoms with van der Waals surface area (Å²) in [5, 5.41) is 2.79. The Kier molecular flexibility index (Phi) is 4.78. The SMILES string of the molecule is Cc1cc(NC(=O)C2(N)CC2)ccc1C(=O)N(C)C.Cl. The number of halogens is 1. The van der Waals surface area contributed by atoms with E-state index in [0.717, 1.165) is 18.4 Å². The van der Waals surface area contributed by atoms with Gasteiger partial charge in [-0.3, -0.25) is 9.59 Å². The van der Waals surface area contributed by atoms with Gasteiger partial charge in [0.1, 0.15) is 0 Å². The Morgan fingerprint density at radius 3 is 2.35 bits per heavy atom. The maximum atomic E-state index is 11.9. The van der Waals surface area contributed by atoms with Crippen molar-refractivity contribution in [3.8, 4) is 0 Å². The highest BCUT2D eigenvalue weighted by molar-refractivity contribution is 6.01. The summed E-state index contributed by atoms with van der Waals surface area (Å²) in [6.07, 6.45) is 1.46. The predicted octanol–water partition coefficient (Wildman–Crippen LogP) is 1.55. The molecule has 0 bridgehead atoms. The highest BCUT2D eigenvalue weighted by atomic mass is 35.5. The molecular formula is C14H20ClN3O2. The molecule has 5 nitrogen and oxygen atoms in total. The molecule has 0 aromatic heterocycles. The van der Waals surface area contributed by atoms with Gasteiger partial charge in [0.2, 0.25) is 5.91 Å². The lowest BCUT2D eigenvalue weighted by molar-refractivity contribution is -0.118. The standard InChI is InChI=1S/C14H19N3O2.ClH/c1-9-8-10(16-13(19)14(15)6-7-14)4-5-11(9)12(18)17(2)3;/h4-5,8H,6-7,15H2,1-3H3,(H,16,19);1H. The van der Waals surface area contributed by atoms with E-state index in [2.05, 4.69) is 5.32 Å². The Morgan fingerprint density at radius 2 is 1.90 bits per heavy atom. The Balaban J connectivity index is 0.00000200. The number of rotatable bonds is 3. The number of hydrogen-bond acceptors (Lipinski definition) is 3. The van der Waals surface area contributed by atoms with E-state index in [-0.39, 0.29) is 24.2 Å². The summed E-state index contributed by atoms with van der Waals surface area (Å²) in [6.45, 7) is 1.85. The lowest BCUT2D eigenvalue weighted by atomic mass is 10.1. The summed E-state index contributed by atoms with van der Waals surface area (Å²) in [5.74, 6) is -0.202. The monoisotopic (exact) mass is 297 g/mol. The number of amides is 2. The molecule has 1 aliphatic carbocycles. The fraction of sp³-hybridized carbons (Fsp3) is 0.429. The number of nitrogens with two attached hydrogens (primary N) is 1. The second kappa shape index (κ2) is 5.81. The van der Waals surface area contributed by atoms with Crippen molar-refractivity contribution in [1.29, 1.82) is 0 Å². The van der Waals surface area contributed by atoms with E-state index in [9.17, 15) is 9.59 Å². The van der Waals surface area contributed by atoms with Gasteiger partial charge < -0.3 is 16.0 Å². The van der Waals surface area contributed by atoms with Gasteiger partial charge in [0.15, 0.2) is 0 Å². The molecule has 1 saturated carbocycles. The molecule has 3 N–H and O–H groups in total. The average Bonchev–Trinajstić information content (AvgIpc) is 3.08. The van der Waals surface area contributed by atoms with Gasteiger partial charge in [-0.25, -0.2) is 0 Å². The Bertz CT molecular complexity index is 539. The molecular weight excluding hydrogens is 278 g/mol. The van der Waals surface area contributed by atoms with Crippen molar-refractivity contribution >= 4 is 29.9 Å². The van der Waals surface area contributed by atoms with Gasteiger partial charge in [-0.2, -0.15) is 0 Å². The highest BCUT2D eigenvalue weighted by Gasteiger charge is 2.45. The van der Waals surface area contributed by atoms with Gasteiger partial charge in [-0.15, -0.1) is 12.4 Å². The van der Waals surface area contributed by atoms with Gasteiger partial charge in [-0.1, -0.05) is 0 Å². The summed E-state index contributed by atoms with van der Waals surface area (Å²) in [5.41, 5.74) is 7.28. The van der Waals surface area contributed by atoms with Crippen LogP contribution in [-0.4, -0.2) is 36.3 Å². The minimum atomic E-state index is -0.688. The predicted molar refractivity (Wildman–Crippen MR) is 81.2 cm³/mol. The summed E-state index contributed by atoms with van der Waals surface area (Å²) in [7, 11) is 3.42. The third-order valence-electron chi connectivity index (χ3n) is 3.36. The zero-order chi connectivity index (χ0) is 14.2. The number of hydrogen-bond donors (Lipinski definition) is 2.